The van der Waals surface area contributed by atoms with Gasteiger partial charge in [0.15, 0.2) is 17.2 Å². The highest BCUT2D eigenvalue weighted by Crippen LogP contribution is 2.40. The quantitative estimate of drug-likeness (QED) is 0.235. The summed E-state index contributed by atoms with van der Waals surface area (Å²) in [7, 11) is 0. The van der Waals surface area contributed by atoms with Crippen molar-refractivity contribution in [2.45, 2.75) is 80.1 Å². The van der Waals surface area contributed by atoms with Gasteiger partial charge >= 0.3 is 0 Å². The molecular formula is C34H52N2O5. The number of nitrogens with zero attached hydrogens (tertiary/aromatic N) is 2. The van der Waals surface area contributed by atoms with Crippen molar-refractivity contribution in [3.63, 3.8) is 0 Å². The number of ether oxygens (including phenoxy) is 4. The summed E-state index contributed by atoms with van der Waals surface area (Å²) in [4.78, 5) is 0.692. The van der Waals surface area contributed by atoms with E-state index >= 15 is 0 Å². The molecule has 2 aromatic rings. The summed E-state index contributed by atoms with van der Waals surface area (Å²) in [5.41, 5.74) is 3.13. The molecule has 0 fully saturated rings. The SMILES string of the molecule is CCC(C)C(C)C(C)c1ccc2c(c1)N=[N+]([O-])c1cc(C(C)C(C)C(C)CC)ccc1OCCOCCOCCO2. The topological polar surface area (TPSA) is 75.4 Å². The summed E-state index contributed by atoms with van der Waals surface area (Å²) >= 11 is 0. The number of azo groups is 1. The van der Waals surface area contributed by atoms with E-state index in [4.69, 9.17) is 18.9 Å². The molecular weight excluding hydrogens is 516 g/mol. The molecule has 1 aliphatic rings. The predicted octanol–water partition coefficient (Wildman–Crippen LogP) is 8.99. The first-order valence-corrected chi connectivity index (χ1v) is 15.6. The lowest BCUT2D eigenvalue weighted by Crippen LogP contribution is -2.16. The van der Waals surface area contributed by atoms with E-state index in [2.05, 4.69) is 72.6 Å². The lowest BCUT2D eigenvalue weighted by molar-refractivity contribution is -0.436. The van der Waals surface area contributed by atoms with E-state index in [1.165, 1.54) is 0 Å². The number of fused-ring (bicyclic) bond motifs is 2. The molecule has 2 aromatic carbocycles. The predicted molar refractivity (Wildman–Crippen MR) is 165 cm³/mol. The zero-order valence-electron chi connectivity index (χ0n) is 26.5. The van der Waals surface area contributed by atoms with Crippen molar-refractivity contribution >= 4 is 11.4 Å². The van der Waals surface area contributed by atoms with Gasteiger partial charge in [-0.25, -0.2) is 0 Å². The lowest BCUT2D eigenvalue weighted by atomic mass is 9.80. The third-order valence-corrected chi connectivity index (χ3v) is 9.43. The van der Waals surface area contributed by atoms with Crippen LogP contribution in [0.15, 0.2) is 41.5 Å². The van der Waals surface area contributed by atoms with Crippen molar-refractivity contribution in [3.8, 4) is 11.5 Å². The maximum Gasteiger partial charge on any atom is 0.286 e. The molecule has 1 aliphatic heterocycles. The van der Waals surface area contributed by atoms with Crippen LogP contribution in [0.2, 0.25) is 0 Å². The first-order chi connectivity index (χ1) is 19.7. The average Bonchev–Trinajstić information content (AvgIpc) is 2.99. The molecule has 0 saturated heterocycles. The standard InChI is InChI=1S/C34H52N2O5/c1-9-23(3)25(5)27(7)29-11-13-33-31(21-29)35-36(37)32-22-30(28(8)26(6)24(4)10-2)12-14-34(32)41-20-18-39-16-15-38-17-19-40-33/h11-14,21-28H,9-10,15-20H2,1-8H3. The van der Waals surface area contributed by atoms with E-state index in [9.17, 15) is 5.21 Å². The Morgan fingerprint density at radius 3 is 1.68 bits per heavy atom. The van der Waals surface area contributed by atoms with Gasteiger partial charge in [-0.2, -0.15) is 0 Å². The third-order valence-electron chi connectivity index (χ3n) is 9.43. The maximum absolute atomic E-state index is 13.8. The van der Waals surface area contributed by atoms with Gasteiger partial charge in [-0.15, -0.1) is 0 Å². The van der Waals surface area contributed by atoms with E-state index in [0.29, 0.717) is 97.0 Å². The molecule has 1 heterocycles. The van der Waals surface area contributed by atoms with Crippen LogP contribution in [-0.4, -0.2) is 44.5 Å². The molecule has 228 valence electrons. The van der Waals surface area contributed by atoms with Gasteiger partial charge in [-0.1, -0.05) is 80.4 Å². The maximum atomic E-state index is 13.8. The molecule has 3 rings (SSSR count). The summed E-state index contributed by atoms with van der Waals surface area (Å²) in [5.74, 6) is 3.72. The lowest BCUT2D eigenvalue weighted by Gasteiger charge is -2.26. The fourth-order valence-corrected chi connectivity index (χ4v) is 5.34. The van der Waals surface area contributed by atoms with Crippen molar-refractivity contribution < 1.29 is 23.8 Å². The fourth-order valence-electron chi connectivity index (χ4n) is 5.34. The van der Waals surface area contributed by atoms with Gasteiger partial charge in [-0.3, -0.25) is 0 Å². The number of rotatable bonds is 8. The highest BCUT2D eigenvalue weighted by molar-refractivity contribution is 5.54. The minimum absolute atomic E-state index is 0.275. The molecule has 0 N–H and O–H groups in total. The van der Waals surface area contributed by atoms with Crippen LogP contribution >= 0.6 is 0 Å². The largest absolute Gasteiger partial charge is 0.594 e. The van der Waals surface area contributed by atoms with Crippen molar-refractivity contribution in [2.24, 2.45) is 28.8 Å². The summed E-state index contributed by atoms with van der Waals surface area (Å²) in [6.45, 7) is 20.5. The number of benzene rings is 2. The molecule has 0 radical (unpaired) electrons. The van der Waals surface area contributed by atoms with Crippen LogP contribution in [0.4, 0.5) is 11.4 Å². The Kier molecular flexibility index (Phi) is 12.9. The third kappa shape index (κ3) is 8.92. The Morgan fingerprint density at radius 2 is 1.15 bits per heavy atom. The van der Waals surface area contributed by atoms with E-state index < -0.39 is 0 Å². The van der Waals surface area contributed by atoms with E-state index in [-0.39, 0.29) is 5.92 Å². The molecule has 6 unspecified atom stereocenters. The Balaban J connectivity index is 2.08. The van der Waals surface area contributed by atoms with Gasteiger partial charge < -0.3 is 24.2 Å². The van der Waals surface area contributed by atoms with Crippen molar-refractivity contribution in [3.05, 3.63) is 52.7 Å². The van der Waals surface area contributed by atoms with Crippen LogP contribution in [0.25, 0.3) is 0 Å². The van der Waals surface area contributed by atoms with E-state index in [0.717, 1.165) is 24.0 Å². The molecule has 7 nitrogen and oxygen atoms in total. The molecule has 7 heteroatoms. The molecule has 6 atom stereocenters. The smallest absolute Gasteiger partial charge is 0.286 e. The molecule has 0 amide bonds. The van der Waals surface area contributed by atoms with Crippen LogP contribution in [-0.2, 0) is 9.47 Å². The molecule has 41 heavy (non-hydrogen) atoms. The van der Waals surface area contributed by atoms with Crippen molar-refractivity contribution in [2.75, 3.05) is 39.6 Å². The van der Waals surface area contributed by atoms with Crippen molar-refractivity contribution in [1.82, 2.24) is 0 Å². The second kappa shape index (κ2) is 16.1. The van der Waals surface area contributed by atoms with E-state index in [1.54, 1.807) is 0 Å². The van der Waals surface area contributed by atoms with Crippen LogP contribution < -0.4 is 9.47 Å². The Hall–Kier alpha value is -2.64. The zero-order chi connectivity index (χ0) is 29.9. The molecule has 0 bridgehead atoms. The second-order valence-corrected chi connectivity index (χ2v) is 11.8. The Labute approximate surface area is 247 Å². The Bertz CT molecular complexity index is 1120. The molecule has 0 spiro atoms. The van der Waals surface area contributed by atoms with Gasteiger partial charge in [-0.05, 0) is 69.7 Å². The highest BCUT2D eigenvalue weighted by atomic mass is 16.6. The zero-order valence-corrected chi connectivity index (χ0v) is 26.5. The average molecular weight is 569 g/mol. The monoisotopic (exact) mass is 568 g/mol. The van der Waals surface area contributed by atoms with Crippen LogP contribution in [0, 0.1) is 28.9 Å². The minimum atomic E-state index is 0.275. The first-order valence-electron chi connectivity index (χ1n) is 15.6. The number of hydrogen-bond donors (Lipinski definition) is 0. The summed E-state index contributed by atoms with van der Waals surface area (Å²) in [5, 5.41) is 18.4. The van der Waals surface area contributed by atoms with Gasteiger partial charge in [0.05, 0.1) is 26.4 Å². The number of hydrogen-bond acceptors (Lipinski definition) is 6. The Morgan fingerprint density at radius 1 is 0.683 bits per heavy atom. The first kappa shape index (κ1) is 32.9. The van der Waals surface area contributed by atoms with E-state index in [1.807, 2.05) is 24.3 Å². The summed E-state index contributed by atoms with van der Waals surface area (Å²) < 4.78 is 23.4. The van der Waals surface area contributed by atoms with Crippen LogP contribution in [0.1, 0.15) is 91.2 Å². The van der Waals surface area contributed by atoms with Crippen molar-refractivity contribution in [1.29, 1.82) is 0 Å². The molecule has 0 saturated carbocycles. The normalized spacial score (nSPS) is 19.7. The van der Waals surface area contributed by atoms with Crippen LogP contribution in [0.5, 0.6) is 11.5 Å². The van der Waals surface area contributed by atoms with Gasteiger partial charge in [0.25, 0.3) is 5.69 Å². The molecule has 0 aromatic heterocycles. The van der Waals surface area contributed by atoms with Crippen LogP contribution in [0.3, 0.4) is 0 Å². The van der Waals surface area contributed by atoms with Gasteiger partial charge in [0.2, 0.25) is 0 Å². The summed E-state index contributed by atoms with van der Waals surface area (Å²) in [6.07, 6.45) is 2.23. The highest BCUT2D eigenvalue weighted by Gasteiger charge is 2.25. The minimum Gasteiger partial charge on any atom is -0.594 e. The molecule has 0 aliphatic carbocycles. The summed E-state index contributed by atoms with van der Waals surface area (Å²) in [6, 6.07) is 11.9. The fraction of sp³-hybridized carbons (Fsp3) is 0.647. The van der Waals surface area contributed by atoms with Gasteiger partial charge in [0, 0.05) is 11.2 Å². The van der Waals surface area contributed by atoms with Gasteiger partial charge in [0.1, 0.15) is 13.2 Å². The second-order valence-electron chi connectivity index (χ2n) is 11.8.